The van der Waals surface area contributed by atoms with E-state index >= 15 is 0 Å². The lowest BCUT2D eigenvalue weighted by Crippen LogP contribution is -2.36. The smallest absolute Gasteiger partial charge is 0.238 e. The van der Waals surface area contributed by atoms with Crippen molar-refractivity contribution in [1.29, 1.82) is 0 Å². The highest BCUT2D eigenvalue weighted by Crippen LogP contribution is 2.30. The molecule has 0 saturated heterocycles. The van der Waals surface area contributed by atoms with Crippen LogP contribution in [0.1, 0.15) is 11.3 Å². The Morgan fingerprint density at radius 2 is 1.81 bits per heavy atom. The maximum Gasteiger partial charge on any atom is 0.286 e. The lowest BCUT2D eigenvalue weighted by molar-refractivity contribution is -0.663. The fourth-order valence-electron chi connectivity index (χ4n) is 3.59. The van der Waals surface area contributed by atoms with Gasteiger partial charge in [0.2, 0.25) is 11.2 Å². The van der Waals surface area contributed by atoms with Crippen molar-refractivity contribution < 1.29 is 9.13 Å². The van der Waals surface area contributed by atoms with E-state index in [-0.39, 0.29) is 0 Å². The molecule has 0 aliphatic rings. The van der Waals surface area contributed by atoms with Crippen molar-refractivity contribution >= 4 is 16.6 Å². The number of benzene rings is 2. The second-order valence-corrected chi connectivity index (χ2v) is 6.69. The predicted molar refractivity (Wildman–Crippen MR) is 106 cm³/mol. The second kappa shape index (κ2) is 6.62. The molecule has 0 bridgehead atoms. The lowest BCUT2D eigenvalue weighted by atomic mass is 10.0. The lowest BCUT2D eigenvalue weighted by Gasteiger charge is -2.11. The molecular weight excluding hydrogens is 332 g/mol. The monoisotopic (exact) mass is 352 g/mol. The van der Waals surface area contributed by atoms with Gasteiger partial charge in [-0.25, -0.2) is 9.41 Å². The summed E-state index contributed by atoms with van der Waals surface area (Å²) in [5, 5.41) is 1.17. The first kappa shape index (κ1) is 16.9. The zero-order valence-corrected chi connectivity index (χ0v) is 15.6. The van der Waals surface area contributed by atoms with E-state index in [2.05, 4.69) is 58.6 Å². The molecule has 0 aliphatic carbocycles. The molecule has 27 heavy (non-hydrogen) atoms. The summed E-state index contributed by atoms with van der Waals surface area (Å²) in [6, 6.07) is 18.5. The molecule has 4 nitrogen and oxygen atoms in total. The summed E-state index contributed by atoms with van der Waals surface area (Å²) in [7, 11) is 1.97. The van der Waals surface area contributed by atoms with Crippen LogP contribution in [0.3, 0.4) is 0 Å². The molecule has 130 valence electrons. The van der Waals surface area contributed by atoms with E-state index in [0.717, 1.165) is 33.7 Å². The predicted octanol–water partition coefficient (Wildman–Crippen LogP) is 4.17. The van der Waals surface area contributed by atoms with Crippen molar-refractivity contribution in [2.75, 3.05) is 0 Å². The van der Waals surface area contributed by atoms with Gasteiger partial charge in [-0.15, -0.1) is 0 Å². The van der Waals surface area contributed by atoms with Crippen molar-refractivity contribution in [3.05, 3.63) is 89.8 Å². The molecule has 0 saturated carbocycles. The summed E-state index contributed by atoms with van der Waals surface area (Å²) < 4.78 is 4.23. The summed E-state index contributed by atoms with van der Waals surface area (Å²) in [4.78, 5) is 7.91. The van der Waals surface area contributed by atoms with Crippen molar-refractivity contribution in [3.8, 4) is 16.9 Å². The standard InChI is InChI=1S/C23H20N4/c1-16-9-10-18-7-5-6-8-21(18)27(16)23-14-19(24-3)13-20(17(23)2)22-11-12-25-15-26(22)4/h5-15H,1-2,4H3/q+2. The van der Waals surface area contributed by atoms with Crippen LogP contribution in [-0.2, 0) is 7.05 Å². The van der Waals surface area contributed by atoms with Crippen LogP contribution in [0, 0.1) is 20.4 Å². The molecule has 0 atom stereocenters. The van der Waals surface area contributed by atoms with E-state index in [4.69, 9.17) is 6.57 Å². The third-order valence-electron chi connectivity index (χ3n) is 4.98. The number of pyridine rings is 1. The van der Waals surface area contributed by atoms with E-state index in [9.17, 15) is 0 Å². The number of hydrogen-bond acceptors (Lipinski definition) is 1. The average Bonchev–Trinajstić information content (AvgIpc) is 2.69. The number of aromatic nitrogens is 3. The zero-order valence-electron chi connectivity index (χ0n) is 15.6. The van der Waals surface area contributed by atoms with Crippen molar-refractivity contribution in [2.45, 2.75) is 13.8 Å². The SMILES string of the molecule is [C-]#[N+]c1cc(-c2ccnc[n+]2C)c(C)c(-[n+]2c(C)ccc3ccccc32)c1. The molecule has 0 fully saturated rings. The van der Waals surface area contributed by atoms with Crippen LogP contribution in [-0.4, -0.2) is 4.98 Å². The largest absolute Gasteiger partial charge is 0.286 e. The van der Waals surface area contributed by atoms with Gasteiger partial charge in [-0.3, -0.25) is 0 Å². The van der Waals surface area contributed by atoms with E-state index in [1.807, 2.05) is 35.9 Å². The van der Waals surface area contributed by atoms with Gasteiger partial charge in [0, 0.05) is 47.7 Å². The van der Waals surface area contributed by atoms with Gasteiger partial charge in [0.1, 0.15) is 11.9 Å². The average molecular weight is 352 g/mol. The maximum absolute atomic E-state index is 7.60. The third kappa shape index (κ3) is 2.84. The number of nitrogens with zero attached hydrogens (tertiary/aromatic N) is 4. The molecular formula is C23H20N4+2. The summed E-state index contributed by atoms with van der Waals surface area (Å²) >= 11 is 0. The van der Waals surface area contributed by atoms with E-state index in [1.165, 1.54) is 5.39 Å². The van der Waals surface area contributed by atoms with Gasteiger partial charge >= 0.3 is 0 Å². The van der Waals surface area contributed by atoms with Crippen LogP contribution in [0.15, 0.2) is 67.1 Å². The normalized spacial score (nSPS) is 10.7. The quantitative estimate of drug-likeness (QED) is 0.393. The Labute approximate surface area is 158 Å². The summed E-state index contributed by atoms with van der Waals surface area (Å²) in [6.07, 6.45) is 3.57. The van der Waals surface area contributed by atoms with Gasteiger partial charge in [0.15, 0.2) is 11.4 Å². The van der Waals surface area contributed by atoms with Crippen LogP contribution in [0.5, 0.6) is 0 Å². The number of para-hydroxylation sites is 1. The van der Waals surface area contributed by atoms with Crippen LogP contribution < -0.4 is 9.13 Å². The Kier molecular flexibility index (Phi) is 4.13. The molecule has 0 N–H and O–H groups in total. The third-order valence-corrected chi connectivity index (χ3v) is 4.98. The Balaban J connectivity index is 2.10. The highest BCUT2D eigenvalue weighted by Gasteiger charge is 2.23. The minimum atomic E-state index is 0.627. The van der Waals surface area contributed by atoms with Crippen LogP contribution in [0.4, 0.5) is 5.69 Å². The molecule has 2 aromatic carbocycles. The van der Waals surface area contributed by atoms with Crippen LogP contribution in [0.25, 0.3) is 32.7 Å². The minimum Gasteiger partial charge on any atom is -0.238 e. The number of hydrogen-bond donors (Lipinski definition) is 0. The minimum absolute atomic E-state index is 0.627. The first-order valence-corrected chi connectivity index (χ1v) is 8.83. The highest BCUT2D eigenvalue weighted by atomic mass is 15.0. The molecule has 0 unspecified atom stereocenters. The maximum atomic E-state index is 7.60. The van der Waals surface area contributed by atoms with Gasteiger partial charge in [-0.2, -0.15) is 4.57 Å². The van der Waals surface area contributed by atoms with Gasteiger partial charge in [-0.05, 0) is 25.1 Å². The Morgan fingerprint density at radius 3 is 2.59 bits per heavy atom. The van der Waals surface area contributed by atoms with Gasteiger partial charge < -0.3 is 0 Å². The van der Waals surface area contributed by atoms with E-state index < -0.39 is 0 Å². The number of fused-ring (bicyclic) bond motifs is 1. The molecule has 4 rings (SSSR count). The Morgan fingerprint density at radius 1 is 1.00 bits per heavy atom. The van der Waals surface area contributed by atoms with Gasteiger partial charge in [0.25, 0.3) is 6.33 Å². The van der Waals surface area contributed by atoms with Crippen molar-refractivity contribution in [1.82, 2.24) is 4.98 Å². The van der Waals surface area contributed by atoms with E-state index in [1.54, 1.807) is 12.5 Å². The summed E-state index contributed by atoms with van der Waals surface area (Å²) in [5.41, 5.74) is 7.13. The molecule has 2 heterocycles. The first-order valence-electron chi connectivity index (χ1n) is 8.83. The fraction of sp³-hybridized carbons (Fsp3) is 0.130. The molecule has 0 amide bonds. The number of aryl methyl sites for hydroxylation is 2. The number of rotatable bonds is 2. The Bertz CT molecular complexity index is 1220. The Hall–Kier alpha value is -3.58. The molecule has 4 aromatic rings. The zero-order chi connectivity index (χ0) is 19.0. The molecule has 2 aromatic heterocycles. The van der Waals surface area contributed by atoms with Crippen LogP contribution >= 0.6 is 0 Å². The van der Waals surface area contributed by atoms with E-state index in [0.29, 0.717) is 5.69 Å². The molecule has 0 radical (unpaired) electrons. The van der Waals surface area contributed by atoms with Crippen molar-refractivity contribution in [2.24, 2.45) is 7.05 Å². The van der Waals surface area contributed by atoms with Crippen molar-refractivity contribution in [3.63, 3.8) is 0 Å². The topological polar surface area (TPSA) is 25.0 Å². The highest BCUT2D eigenvalue weighted by molar-refractivity contribution is 5.77. The molecule has 0 aliphatic heterocycles. The van der Waals surface area contributed by atoms with Gasteiger partial charge in [-0.1, -0.05) is 17.1 Å². The first-order chi connectivity index (χ1) is 13.1. The summed E-state index contributed by atoms with van der Waals surface area (Å²) in [6.45, 7) is 11.8. The van der Waals surface area contributed by atoms with Gasteiger partial charge in [0.05, 0.1) is 13.6 Å². The molecule has 4 heteroatoms. The second-order valence-electron chi connectivity index (χ2n) is 6.69. The molecule has 0 spiro atoms. The van der Waals surface area contributed by atoms with Crippen LogP contribution in [0.2, 0.25) is 0 Å². The summed E-state index contributed by atoms with van der Waals surface area (Å²) in [5.74, 6) is 0. The fourth-order valence-corrected chi connectivity index (χ4v) is 3.59.